The number of rotatable bonds is 7. The third-order valence-corrected chi connectivity index (χ3v) is 9.55. The minimum absolute atomic E-state index is 0.0889. The quantitative estimate of drug-likeness (QED) is 0.126. The predicted molar refractivity (Wildman–Crippen MR) is 151 cm³/mol. The minimum atomic E-state index is -1.02. The van der Waals surface area contributed by atoms with E-state index < -0.39 is 23.5 Å². The number of aliphatic hydroxyl groups is 1. The van der Waals surface area contributed by atoms with Crippen LogP contribution in [0.1, 0.15) is 26.8 Å². The smallest absolute Gasteiger partial charge is 0.296 e. The van der Waals surface area contributed by atoms with E-state index in [1.807, 2.05) is 6.07 Å². The lowest BCUT2D eigenvalue weighted by atomic mass is 9.95. The first-order chi connectivity index (χ1) is 17.7. The van der Waals surface area contributed by atoms with Gasteiger partial charge in [0.25, 0.3) is 5.91 Å². The van der Waals surface area contributed by atoms with Crippen molar-refractivity contribution in [2.24, 2.45) is 0 Å². The van der Waals surface area contributed by atoms with Gasteiger partial charge in [0.05, 0.1) is 16.5 Å². The molecule has 0 radical (unpaired) electrons. The Kier molecular flexibility index (Phi) is 7.83. The molecule has 1 N–H and O–H groups in total. The molecule has 1 atom stereocenters. The molecule has 0 aliphatic carbocycles. The average molecular weight is 629 g/mol. The number of ketones is 1. The molecule has 188 valence electrons. The summed E-state index contributed by atoms with van der Waals surface area (Å²) in [6.45, 7) is 0. The monoisotopic (exact) mass is 627 g/mol. The first kappa shape index (κ1) is 26.5. The molecular weight excluding hydrogens is 616 g/mol. The van der Waals surface area contributed by atoms with Crippen LogP contribution in [0.5, 0.6) is 0 Å². The van der Waals surface area contributed by atoms with Crippen LogP contribution in [0.3, 0.4) is 0 Å². The van der Waals surface area contributed by atoms with E-state index in [4.69, 9.17) is 46.4 Å². The van der Waals surface area contributed by atoms with E-state index in [0.717, 1.165) is 16.9 Å². The summed E-state index contributed by atoms with van der Waals surface area (Å²) in [5.41, 5.74) is 1.19. The summed E-state index contributed by atoms with van der Waals surface area (Å²) in [6.07, 6.45) is 0. The number of carbonyl (C=O) groups excluding carboxylic acids is 2. The number of aromatic nitrogens is 2. The molecule has 13 heteroatoms. The molecule has 1 aliphatic heterocycles. The van der Waals surface area contributed by atoms with Gasteiger partial charge in [-0.05, 0) is 46.8 Å². The molecule has 0 fully saturated rings. The van der Waals surface area contributed by atoms with Gasteiger partial charge in [-0.2, -0.15) is 0 Å². The topological polar surface area (TPSA) is 83.4 Å². The predicted octanol–water partition coefficient (Wildman–Crippen LogP) is 8.29. The Morgan fingerprint density at radius 1 is 1.03 bits per heavy atom. The molecule has 1 amide bonds. The molecule has 4 aromatic rings. The Morgan fingerprint density at radius 3 is 2.43 bits per heavy atom. The summed E-state index contributed by atoms with van der Waals surface area (Å²) in [5.74, 6) is -1.41. The van der Waals surface area contributed by atoms with Crippen LogP contribution >= 0.6 is 80.8 Å². The van der Waals surface area contributed by atoms with Crippen LogP contribution in [0.4, 0.5) is 5.13 Å². The van der Waals surface area contributed by atoms with Crippen molar-refractivity contribution in [2.45, 2.75) is 16.1 Å². The molecule has 2 aromatic heterocycles. The summed E-state index contributed by atoms with van der Waals surface area (Å²) >= 11 is 28.6. The number of nitrogens with zero attached hydrogens (tertiary/aromatic N) is 3. The Labute approximate surface area is 243 Å². The van der Waals surface area contributed by atoms with Gasteiger partial charge >= 0.3 is 0 Å². The maximum atomic E-state index is 13.4. The number of thiophene rings is 1. The number of hydrogen-bond acceptors (Lipinski definition) is 8. The van der Waals surface area contributed by atoms with Crippen LogP contribution in [0.15, 0.2) is 69.6 Å². The van der Waals surface area contributed by atoms with E-state index in [0.29, 0.717) is 35.6 Å². The molecule has 0 spiro atoms. The second-order valence-electron chi connectivity index (χ2n) is 7.69. The first-order valence-corrected chi connectivity index (χ1v) is 14.6. The Hall–Kier alpha value is -2.11. The van der Waals surface area contributed by atoms with Crippen molar-refractivity contribution in [1.82, 2.24) is 10.2 Å². The number of anilines is 1. The Bertz CT molecular complexity index is 1560. The lowest BCUT2D eigenvalue weighted by Crippen LogP contribution is -2.31. The van der Waals surface area contributed by atoms with Crippen molar-refractivity contribution in [1.29, 1.82) is 0 Å². The molecule has 5 rings (SSSR count). The number of amides is 1. The molecule has 2 aromatic carbocycles. The van der Waals surface area contributed by atoms with Crippen LogP contribution in [0.2, 0.25) is 20.1 Å². The maximum absolute atomic E-state index is 13.4. The lowest BCUT2D eigenvalue weighted by Gasteiger charge is -2.24. The summed E-state index contributed by atoms with van der Waals surface area (Å²) in [7, 11) is 0. The van der Waals surface area contributed by atoms with Crippen molar-refractivity contribution in [2.75, 3.05) is 4.90 Å². The van der Waals surface area contributed by atoms with E-state index >= 15 is 0 Å². The molecule has 1 unspecified atom stereocenters. The molecule has 37 heavy (non-hydrogen) atoms. The van der Waals surface area contributed by atoms with E-state index in [1.54, 1.807) is 41.8 Å². The summed E-state index contributed by atoms with van der Waals surface area (Å²) in [4.78, 5) is 28.3. The number of carbonyl (C=O) groups is 2. The van der Waals surface area contributed by atoms with Crippen molar-refractivity contribution in [3.05, 3.63) is 101 Å². The second-order valence-corrected chi connectivity index (χ2v) is 12.5. The van der Waals surface area contributed by atoms with Crippen molar-refractivity contribution in [3.8, 4) is 0 Å². The highest BCUT2D eigenvalue weighted by atomic mass is 35.5. The Morgan fingerprint density at radius 2 is 1.76 bits per heavy atom. The van der Waals surface area contributed by atoms with Gasteiger partial charge in [0.1, 0.15) is 0 Å². The SMILES string of the molecule is O=C(C1=C(O)C(=O)N(c2nnc(SCc3ccc(Cl)cc3Cl)s2)C1c1ccc(Cl)cc1Cl)c1cccs1. The van der Waals surface area contributed by atoms with Gasteiger partial charge in [-0.25, -0.2) is 0 Å². The molecule has 1 aliphatic rings. The molecular formula is C24H13Cl4N3O3S3. The number of halogens is 4. The number of thioether (sulfide) groups is 1. The molecule has 0 saturated heterocycles. The summed E-state index contributed by atoms with van der Waals surface area (Å²) in [6, 6.07) is 12.3. The largest absolute Gasteiger partial charge is 0.503 e. The zero-order chi connectivity index (χ0) is 26.3. The first-order valence-electron chi connectivity index (χ1n) is 10.4. The fourth-order valence-electron chi connectivity index (χ4n) is 3.73. The lowest BCUT2D eigenvalue weighted by molar-refractivity contribution is -0.117. The van der Waals surface area contributed by atoms with Crippen LogP contribution in [-0.2, 0) is 10.5 Å². The second kappa shape index (κ2) is 10.9. The Balaban J connectivity index is 1.51. The zero-order valence-electron chi connectivity index (χ0n) is 18.3. The fourth-order valence-corrected chi connectivity index (χ4v) is 7.34. The van der Waals surface area contributed by atoms with Crippen LogP contribution < -0.4 is 4.90 Å². The van der Waals surface area contributed by atoms with Crippen molar-refractivity contribution in [3.63, 3.8) is 0 Å². The van der Waals surface area contributed by atoms with Gasteiger partial charge in [0.2, 0.25) is 10.9 Å². The number of hydrogen-bond donors (Lipinski definition) is 1. The highest BCUT2D eigenvalue weighted by Crippen LogP contribution is 2.46. The van der Waals surface area contributed by atoms with Crippen LogP contribution in [0.25, 0.3) is 0 Å². The standard InChI is InChI=1S/C24H13Cl4N3O3S3/c25-12-4-3-11(15(27)8-12)10-36-24-30-29-23(37-24)31-19(14-6-5-13(26)9-16(14)28)18(21(33)22(31)34)20(32)17-2-1-7-35-17/h1-9,19,33H,10H2. The van der Waals surface area contributed by atoms with Gasteiger partial charge in [0, 0.05) is 25.8 Å². The van der Waals surface area contributed by atoms with E-state index in [-0.39, 0.29) is 15.7 Å². The summed E-state index contributed by atoms with van der Waals surface area (Å²) < 4.78 is 0.562. The fraction of sp³-hybridized carbons (Fsp3) is 0.0833. The van der Waals surface area contributed by atoms with Gasteiger partial charge < -0.3 is 5.11 Å². The number of Topliss-reactive ketones (excluding diaryl/α,β-unsaturated/α-hetero) is 1. The third kappa shape index (κ3) is 5.27. The van der Waals surface area contributed by atoms with Gasteiger partial charge in [0.15, 0.2) is 10.1 Å². The third-order valence-electron chi connectivity index (χ3n) is 5.42. The molecule has 0 saturated carbocycles. The zero-order valence-corrected chi connectivity index (χ0v) is 23.8. The van der Waals surface area contributed by atoms with Gasteiger partial charge in [-0.3, -0.25) is 14.5 Å². The van der Waals surface area contributed by atoms with Gasteiger partial charge in [-0.1, -0.05) is 87.7 Å². The normalized spacial score (nSPS) is 15.6. The van der Waals surface area contributed by atoms with Gasteiger partial charge in [-0.15, -0.1) is 21.5 Å². The highest BCUT2D eigenvalue weighted by Gasteiger charge is 2.47. The number of benzene rings is 2. The maximum Gasteiger partial charge on any atom is 0.296 e. The van der Waals surface area contributed by atoms with Crippen LogP contribution in [0, 0.1) is 0 Å². The molecule has 0 bridgehead atoms. The van der Waals surface area contributed by atoms with Crippen molar-refractivity contribution < 1.29 is 14.7 Å². The average Bonchev–Trinajstić information content (AvgIpc) is 3.60. The summed E-state index contributed by atoms with van der Waals surface area (Å²) in [5, 5.41) is 22.9. The number of aliphatic hydroxyl groups excluding tert-OH is 1. The molecule has 3 heterocycles. The van der Waals surface area contributed by atoms with Crippen LogP contribution in [-0.4, -0.2) is 27.0 Å². The highest BCUT2D eigenvalue weighted by molar-refractivity contribution is 8.00. The van der Waals surface area contributed by atoms with E-state index in [1.165, 1.54) is 34.1 Å². The van der Waals surface area contributed by atoms with E-state index in [9.17, 15) is 14.7 Å². The minimum Gasteiger partial charge on any atom is -0.503 e. The van der Waals surface area contributed by atoms with E-state index in [2.05, 4.69) is 10.2 Å². The molecule has 6 nitrogen and oxygen atoms in total. The van der Waals surface area contributed by atoms with Crippen molar-refractivity contribution >= 4 is 97.7 Å².